The van der Waals surface area contributed by atoms with Crippen LogP contribution in [0.3, 0.4) is 0 Å². The van der Waals surface area contributed by atoms with Gasteiger partial charge in [-0.25, -0.2) is 0 Å². The van der Waals surface area contributed by atoms with Gasteiger partial charge in [0.15, 0.2) is 0 Å². The summed E-state index contributed by atoms with van der Waals surface area (Å²) >= 11 is 0. The minimum absolute atomic E-state index is 0.361. The van der Waals surface area contributed by atoms with Crippen molar-refractivity contribution in [1.29, 1.82) is 0 Å². The Morgan fingerprint density at radius 1 is 0.436 bits per heavy atom. The van der Waals surface area contributed by atoms with E-state index in [1.54, 1.807) is 6.08 Å². The molecule has 55 heavy (non-hydrogen) atoms. The summed E-state index contributed by atoms with van der Waals surface area (Å²) in [5.74, 6) is -0.502. The standard InChI is InChI=1S/C50H97NO4/c1-3-5-7-9-11-13-15-16-17-18-19-20-21-22-23-24-25-26-27-28-29-30-31-32-33-35-37-39-41-43-45-49(54)50(55)51-47(46-52)48(53)44-42-40-38-36-34-14-12-10-8-6-4-2/h22-23,42,44,47-49,52-54H,3-21,24-41,43,45-46H2,1-2H3,(H,51,55)/b23-22-,44-42+. The van der Waals surface area contributed by atoms with Crippen molar-refractivity contribution in [2.45, 2.75) is 283 Å². The molecule has 1 amide bonds. The van der Waals surface area contributed by atoms with Crippen LogP contribution in [0.15, 0.2) is 24.3 Å². The molecule has 0 aliphatic carbocycles. The Labute approximate surface area is 343 Å². The normalized spacial score (nSPS) is 13.6. The molecular weight excluding hydrogens is 679 g/mol. The molecule has 326 valence electrons. The summed E-state index contributed by atoms with van der Waals surface area (Å²) < 4.78 is 0. The minimum atomic E-state index is -1.09. The number of rotatable bonds is 45. The third-order valence-corrected chi connectivity index (χ3v) is 11.5. The van der Waals surface area contributed by atoms with Crippen LogP contribution in [0.2, 0.25) is 0 Å². The SMILES string of the molecule is CCCCCCCCCCC/C=C/C(O)C(CO)NC(=O)C(O)CCCCCCCCCCCCCCCC/C=C\CCCCCCCCCCCCCC. The minimum Gasteiger partial charge on any atom is -0.394 e. The molecule has 0 heterocycles. The highest BCUT2D eigenvalue weighted by molar-refractivity contribution is 5.80. The van der Waals surface area contributed by atoms with Crippen LogP contribution in [-0.4, -0.2) is 46.1 Å². The summed E-state index contributed by atoms with van der Waals surface area (Å²) in [7, 11) is 0. The Bertz CT molecular complexity index is 814. The van der Waals surface area contributed by atoms with Crippen LogP contribution in [0.5, 0.6) is 0 Å². The van der Waals surface area contributed by atoms with E-state index in [0.29, 0.717) is 6.42 Å². The van der Waals surface area contributed by atoms with Crippen molar-refractivity contribution in [3.63, 3.8) is 0 Å². The van der Waals surface area contributed by atoms with Crippen molar-refractivity contribution >= 4 is 5.91 Å². The average molecular weight is 776 g/mol. The molecule has 0 rings (SSSR count). The van der Waals surface area contributed by atoms with Crippen LogP contribution in [0.25, 0.3) is 0 Å². The molecular formula is C50H97NO4. The zero-order chi connectivity index (χ0) is 40.1. The van der Waals surface area contributed by atoms with Gasteiger partial charge >= 0.3 is 0 Å². The lowest BCUT2D eigenvalue weighted by molar-refractivity contribution is -0.131. The van der Waals surface area contributed by atoms with Gasteiger partial charge in [0.2, 0.25) is 5.91 Å². The number of amides is 1. The molecule has 4 N–H and O–H groups in total. The van der Waals surface area contributed by atoms with Crippen molar-refractivity contribution < 1.29 is 20.1 Å². The first-order valence-electron chi connectivity index (χ1n) is 24.7. The van der Waals surface area contributed by atoms with Crippen molar-refractivity contribution in [3.8, 4) is 0 Å². The smallest absolute Gasteiger partial charge is 0.249 e. The van der Waals surface area contributed by atoms with Crippen LogP contribution >= 0.6 is 0 Å². The van der Waals surface area contributed by atoms with Gasteiger partial charge < -0.3 is 20.6 Å². The van der Waals surface area contributed by atoms with Crippen molar-refractivity contribution in [3.05, 3.63) is 24.3 Å². The summed E-state index contributed by atoms with van der Waals surface area (Å²) in [4.78, 5) is 12.5. The number of allylic oxidation sites excluding steroid dienone is 3. The molecule has 0 aromatic carbocycles. The fourth-order valence-electron chi connectivity index (χ4n) is 7.65. The third-order valence-electron chi connectivity index (χ3n) is 11.5. The van der Waals surface area contributed by atoms with E-state index in [0.717, 1.165) is 32.1 Å². The molecule has 0 spiro atoms. The first-order valence-corrected chi connectivity index (χ1v) is 24.7. The summed E-state index contributed by atoms with van der Waals surface area (Å²) in [6.45, 7) is 4.18. The van der Waals surface area contributed by atoms with Crippen LogP contribution in [-0.2, 0) is 4.79 Å². The van der Waals surface area contributed by atoms with Crippen LogP contribution in [0.1, 0.15) is 264 Å². The number of carbonyl (C=O) groups excluding carboxylic acids is 1. The van der Waals surface area contributed by atoms with E-state index in [1.807, 2.05) is 6.08 Å². The number of hydrogen-bond donors (Lipinski definition) is 4. The first-order chi connectivity index (χ1) is 27.1. The van der Waals surface area contributed by atoms with E-state index in [4.69, 9.17) is 0 Å². The van der Waals surface area contributed by atoms with Crippen molar-refractivity contribution in [2.24, 2.45) is 0 Å². The fraction of sp³-hybridized carbons (Fsp3) is 0.900. The van der Waals surface area contributed by atoms with Gasteiger partial charge in [-0.1, -0.05) is 244 Å². The summed E-state index contributed by atoms with van der Waals surface area (Å²) in [6, 6.07) is -0.794. The van der Waals surface area contributed by atoms with E-state index in [-0.39, 0.29) is 6.61 Å². The van der Waals surface area contributed by atoms with Crippen LogP contribution in [0, 0.1) is 0 Å². The lowest BCUT2D eigenvalue weighted by Crippen LogP contribution is -2.48. The van der Waals surface area contributed by atoms with Gasteiger partial charge in [0, 0.05) is 0 Å². The molecule has 0 aromatic heterocycles. The second-order valence-electron chi connectivity index (χ2n) is 17.0. The molecule has 5 nitrogen and oxygen atoms in total. The number of aliphatic hydroxyl groups excluding tert-OH is 3. The van der Waals surface area contributed by atoms with Crippen LogP contribution < -0.4 is 5.32 Å². The maximum Gasteiger partial charge on any atom is 0.249 e. The summed E-state index contributed by atoms with van der Waals surface area (Å²) in [5, 5.41) is 33.1. The molecule has 0 bridgehead atoms. The Balaban J connectivity index is 3.51. The number of hydrogen-bond acceptors (Lipinski definition) is 4. The lowest BCUT2D eigenvalue weighted by atomic mass is 10.0. The maximum absolute atomic E-state index is 12.5. The second kappa shape index (κ2) is 45.5. The maximum atomic E-state index is 12.5. The highest BCUT2D eigenvalue weighted by atomic mass is 16.3. The lowest BCUT2D eigenvalue weighted by Gasteiger charge is -2.21. The number of aliphatic hydroxyl groups is 3. The highest BCUT2D eigenvalue weighted by Gasteiger charge is 2.22. The van der Waals surface area contributed by atoms with Gasteiger partial charge in [-0.2, -0.15) is 0 Å². The number of carbonyl (C=O) groups is 1. The summed E-state index contributed by atoms with van der Waals surface area (Å²) in [6.07, 6.45) is 56.7. The largest absolute Gasteiger partial charge is 0.394 e. The van der Waals surface area contributed by atoms with Gasteiger partial charge in [-0.15, -0.1) is 0 Å². The monoisotopic (exact) mass is 776 g/mol. The van der Waals surface area contributed by atoms with Crippen molar-refractivity contribution in [1.82, 2.24) is 5.32 Å². The Morgan fingerprint density at radius 2 is 0.727 bits per heavy atom. The first kappa shape index (κ1) is 53.8. The molecule has 0 aromatic rings. The van der Waals surface area contributed by atoms with Gasteiger partial charge in [0.1, 0.15) is 6.10 Å². The second-order valence-corrected chi connectivity index (χ2v) is 17.0. The molecule has 0 radical (unpaired) electrons. The molecule has 5 heteroatoms. The van der Waals surface area contributed by atoms with Gasteiger partial charge in [-0.3, -0.25) is 4.79 Å². The third kappa shape index (κ3) is 40.8. The molecule has 0 saturated carbocycles. The molecule has 0 saturated heterocycles. The van der Waals surface area contributed by atoms with E-state index < -0.39 is 24.2 Å². The zero-order valence-corrected chi connectivity index (χ0v) is 37.1. The Kier molecular flexibility index (Phi) is 44.6. The van der Waals surface area contributed by atoms with E-state index in [1.165, 1.54) is 212 Å². The van der Waals surface area contributed by atoms with Crippen molar-refractivity contribution in [2.75, 3.05) is 6.61 Å². The quantitative estimate of drug-likeness (QED) is 0.0366. The fourth-order valence-corrected chi connectivity index (χ4v) is 7.65. The predicted molar refractivity (Wildman–Crippen MR) is 241 cm³/mol. The molecule has 0 aliphatic heterocycles. The molecule has 0 fully saturated rings. The molecule has 0 aliphatic rings. The van der Waals surface area contributed by atoms with E-state index in [2.05, 4.69) is 31.3 Å². The highest BCUT2D eigenvalue weighted by Crippen LogP contribution is 2.16. The van der Waals surface area contributed by atoms with Gasteiger partial charge in [0.25, 0.3) is 0 Å². The Hall–Kier alpha value is -1.17. The molecule has 3 unspecified atom stereocenters. The Morgan fingerprint density at radius 3 is 1.05 bits per heavy atom. The van der Waals surface area contributed by atoms with Gasteiger partial charge in [-0.05, 0) is 44.9 Å². The molecule has 3 atom stereocenters. The summed E-state index contributed by atoms with van der Waals surface area (Å²) in [5.41, 5.74) is 0. The van der Waals surface area contributed by atoms with Gasteiger partial charge in [0.05, 0.1) is 18.8 Å². The average Bonchev–Trinajstić information content (AvgIpc) is 3.19. The van der Waals surface area contributed by atoms with E-state index in [9.17, 15) is 20.1 Å². The topological polar surface area (TPSA) is 89.8 Å². The predicted octanol–water partition coefficient (Wildman–Crippen LogP) is 14.6. The number of unbranched alkanes of at least 4 members (excludes halogenated alkanes) is 35. The van der Waals surface area contributed by atoms with E-state index >= 15 is 0 Å². The number of nitrogens with one attached hydrogen (secondary N) is 1. The van der Waals surface area contributed by atoms with Crippen LogP contribution in [0.4, 0.5) is 0 Å². The zero-order valence-electron chi connectivity index (χ0n) is 37.1.